The van der Waals surface area contributed by atoms with Crippen molar-refractivity contribution < 1.29 is 19.1 Å². The molecule has 0 aromatic heterocycles. The highest BCUT2D eigenvalue weighted by Gasteiger charge is 2.52. The van der Waals surface area contributed by atoms with Gasteiger partial charge in [-0.3, -0.25) is 0 Å². The minimum absolute atomic E-state index is 0.0980. The number of ether oxygens (including phenoxy) is 2. The largest absolute Gasteiger partial charge is 0.447 e. The first-order valence-corrected chi connectivity index (χ1v) is 11.3. The van der Waals surface area contributed by atoms with Crippen LogP contribution in [-0.4, -0.2) is 61.0 Å². The van der Waals surface area contributed by atoms with Gasteiger partial charge in [-0.2, -0.15) is 0 Å². The first-order valence-electron chi connectivity index (χ1n) is 11.3. The van der Waals surface area contributed by atoms with Gasteiger partial charge >= 0.3 is 12.1 Å². The summed E-state index contributed by atoms with van der Waals surface area (Å²) in [6.45, 7) is 3.85. The summed E-state index contributed by atoms with van der Waals surface area (Å²) in [5.41, 5.74) is 0.859. The summed E-state index contributed by atoms with van der Waals surface area (Å²) in [4.78, 5) is 26.4. The standard InChI is InChI=1S/C23H33N3O4/c1-2-24-21(27)26-14-6-13-23(16-30-22(28)25-23)20(26)15-29-19-11-9-18(10-12-19)17-7-4-3-5-8-17/h3-5,7-8,18-20H,2,6,9-16H2,1H3,(H,24,27)(H,25,28)/t18?,19?,20-,23+/m0/s1. The maximum absolute atomic E-state index is 12.7. The number of benzene rings is 1. The molecule has 1 aromatic carbocycles. The molecule has 3 aliphatic rings. The monoisotopic (exact) mass is 415 g/mol. The number of alkyl carbamates (subject to hydrolysis) is 1. The van der Waals surface area contributed by atoms with Crippen molar-refractivity contribution in [3.8, 4) is 0 Å². The van der Waals surface area contributed by atoms with E-state index in [0.29, 0.717) is 25.6 Å². The summed E-state index contributed by atoms with van der Waals surface area (Å²) in [5, 5.41) is 5.90. The normalized spacial score (nSPS) is 31.3. The van der Waals surface area contributed by atoms with Crippen LogP contribution in [0, 0.1) is 0 Å². The summed E-state index contributed by atoms with van der Waals surface area (Å²) in [6, 6.07) is 10.4. The first-order chi connectivity index (χ1) is 14.6. The quantitative estimate of drug-likeness (QED) is 0.772. The van der Waals surface area contributed by atoms with Crippen molar-refractivity contribution in [2.75, 3.05) is 26.3 Å². The van der Waals surface area contributed by atoms with Gasteiger partial charge in [-0.1, -0.05) is 30.3 Å². The number of nitrogens with zero attached hydrogens (tertiary/aromatic N) is 1. The zero-order valence-corrected chi connectivity index (χ0v) is 17.8. The molecule has 0 radical (unpaired) electrons. The van der Waals surface area contributed by atoms with Gasteiger partial charge in [-0.15, -0.1) is 0 Å². The van der Waals surface area contributed by atoms with E-state index in [0.717, 1.165) is 38.5 Å². The number of urea groups is 1. The molecule has 1 saturated carbocycles. The molecule has 2 saturated heterocycles. The lowest BCUT2D eigenvalue weighted by Gasteiger charge is -2.46. The molecule has 1 aliphatic carbocycles. The third-order valence-electron chi connectivity index (χ3n) is 6.87. The van der Waals surface area contributed by atoms with E-state index in [1.54, 1.807) is 0 Å². The van der Waals surface area contributed by atoms with Crippen molar-refractivity contribution in [3.05, 3.63) is 35.9 Å². The number of rotatable bonds is 5. The van der Waals surface area contributed by atoms with Crippen molar-refractivity contribution in [1.82, 2.24) is 15.5 Å². The Kier molecular flexibility index (Phi) is 6.46. The Morgan fingerprint density at radius 1 is 1.27 bits per heavy atom. The van der Waals surface area contributed by atoms with Crippen LogP contribution < -0.4 is 10.6 Å². The van der Waals surface area contributed by atoms with Gasteiger partial charge in [-0.05, 0) is 56.9 Å². The second-order valence-electron chi connectivity index (χ2n) is 8.72. The van der Waals surface area contributed by atoms with Gasteiger partial charge in [0.25, 0.3) is 0 Å². The number of hydrogen-bond donors (Lipinski definition) is 2. The fourth-order valence-electron chi connectivity index (χ4n) is 5.23. The third kappa shape index (κ3) is 4.41. The Morgan fingerprint density at radius 2 is 2.03 bits per heavy atom. The maximum atomic E-state index is 12.7. The molecule has 0 bridgehead atoms. The fraction of sp³-hybridized carbons (Fsp3) is 0.652. The lowest BCUT2D eigenvalue weighted by atomic mass is 9.81. The van der Waals surface area contributed by atoms with E-state index in [1.165, 1.54) is 5.56 Å². The van der Waals surface area contributed by atoms with Gasteiger partial charge in [0.2, 0.25) is 0 Å². The van der Waals surface area contributed by atoms with Crippen LogP contribution in [0.25, 0.3) is 0 Å². The van der Waals surface area contributed by atoms with Crippen LogP contribution in [0.1, 0.15) is 56.9 Å². The van der Waals surface area contributed by atoms with Gasteiger partial charge in [0.05, 0.1) is 18.8 Å². The van der Waals surface area contributed by atoms with E-state index in [2.05, 4.69) is 41.0 Å². The number of carbonyl (C=O) groups is 2. The smallest absolute Gasteiger partial charge is 0.407 e. The number of carbonyl (C=O) groups excluding carboxylic acids is 2. The van der Waals surface area contributed by atoms with E-state index in [-0.39, 0.29) is 24.8 Å². The van der Waals surface area contributed by atoms with Crippen LogP contribution >= 0.6 is 0 Å². The van der Waals surface area contributed by atoms with Gasteiger partial charge in [0.1, 0.15) is 12.1 Å². The molecule has 4 rings (SSSR count). The van der Waals surface area contributed by atoms with E-state index in [1.807, 2.05) is 11.8 Å². The summed E-state index contributed by atoms with van der Waals surface area (Å²) >= 11 is 0. The Labute approximate surface area is 178 Å². The van der Waals surface area contributed by atoms with Crippen LogP contribution in [0.4, 0.5) is 9.59 Å². The molecule has 0 unspecified atom stereocenters. The molecule has 3 amide bonds. The molecule has 2 atom stereocenters. The number of piperidine rings is 1. The van der Waals surface area contributed by atoms with E-state index >= 15 is 0 Å². The van der Waals surface area contributed by atoms with Crippen molar-refractivity contribution in [2.45, 2.75) is 69.1 Å². The van der Waals surface area contributed by atoms with Crippen LogP contribution in [0.15, 0.2) is 30.3 Å². The van der Waals surface area contributed by atoms with Crippen molar-refractivity contribution in [1.29, 1.82) is 0 Å². The SMILES string of the molecule is CCNC(=O)N1CCC[C@@]2(COC(=O)N2)[C@@H]1COC1CCC(c2ccccc2)CC1. The molecule has 1 spiro atoms. The Balaban J connectivity index is 1.39. The molecule has 1 aromatic rings. The second-order valence-corrected chi connectivity index (χ2v) is 8.72. The average Bonchev–Trinajstić information content (AvgIpc) is 3.14. The molecule has 30 heavy (non-hydrogen) atoms. The van der Waals surface area contributed by atoms with E-state index in [9.17, 15) is 9.59 Å². The summed E-state index contributed by atoms with van der Waals surface area (Å²) in [7, 11) is 0. The van der Waals surface area contributed by atoms with E-state index < -0.39 is 11.6 Å². The number of cyclic esters (lactones) is 1. The number of likely N-dealkylation sites (tertiary alicyclic amines) is 1. The van der Waals surface area contributed by atoms with Gasteiger partial charge in [0.15, 0.2) is 0 Å². The van der Waals surface area contributed by atoms with Crippen LogP contribution in [0.2, 0.25) is 0 Å². The Morgan fingerprint density at radius 3 is 2.70 bits per heavy atom. The lowest BCUT2D eigenvalue weighted by molar-refractivity contribution is -0.0382. The predicted molar refractivity (Wildman–Crippen MR) is 113 cm³/mol. The first kappa shape index (κ1) is 21.0. The van der Waals surface area contributed by atoms with Crippen LogP contribution in [-0.2, 0) is 9.47 Å². The molecule has 2 aliphatic heterocycles. The lowest BCUT2D eigenvalue weighted by Crippen LogP contribution is -2.67. The van der Waals surface area contributed by atoms with Gasteiger partial charge in [0, 0.05) is 13.1 Å². The van der Waals surface area contributed by atoms with Crippen molar-refractivity contribution in [2.24, 2.45) is 0 Å². The topological polar surface area (TPSA) is 79.9 Å². The summed E-state index contributed by atoms with van der Waals surface area (Å²) in [6.07, 6.45) is 5.68. The van der Waals surface area contributed by atoms with Crippen LogP contribution in [0.3, 0.4) is 0 Å². The minimum Gasteiger partial charge on any atom is -0.447 e. The highest BCUT2D eigenvalue weighted by molar-refractivity contribution is 5.76. The zero-order chi connectivity index (χ0) is 21.0. The molecule has 7 nitrogen and oxygen atoms in total. The highest BCUT2D eigenvalue weighted by Crippen LogP contribution is 2.36. The van der Waals surface area contributed by atoms with Gasteiger partial charge in [-0.25, -0.2) is 9.59 Å². The molecular formula is C23H33N3O4. The van der Waals surface area contributed by atoms with E-state index in [4.69, 9.17) is 9.47 Å². The Hall–Kier alpha value is -2.28. The maximum Gasteiger partial charge on any atom is 0.407 e. The van der Waals surface area contributed by atoms with Crippen molar-refractivity contribution >= 4 is 12.1 Å². The number of amides is 3. The molecule has 2 heterocycles. The highest BCUT2D eigenvalue weighted by atomic mass is 16.6. The molecular weight excluding hydrogens is 382 g/mol. The fourth-order valence-corrected chi connectivity index (χ4v) is 5.23. The van der Waals surface area contributed by atoms with Crippen molar-refractivity contribution in [3.63, 3.8) is 0 Å². The molecule has 164 valence electrons. The van der Waals surface area contributed by atoms with Crippen LogP contribution in [0.5, 0.6) is 0 Å². The molecule has 2 N–H and O–H groups in total. The summed E-state index contributed by atoms with van der Waals surface area (Å²) < 4.78 is 11.6. The third-order valence-corrected chi connectivity index (χ3v) is 6.87. The second kappa shape index (κ2) is 9.25. The number of nitrogens with one attached hydrogen (secondary N) is 2. The zero-order valence-electron chi connectivity index (χ0n) is 17.8. The number of hydrogen-bond acceptors (Lipinski definition) is 4. The predicted octanol–water partition coefficient (Wildman–Crippen LogP) is 3.40. The average molecular weight is 416 g/mol. The molecule has 3 fully saturated rings. The Bertz CT molecular complexity index is 735. The van der Waals surface area contributed by atoms with Gasteiger partial charge < -0.3 is 25.0 Å². The molecule has 7 heteroatoms. The minimum atomic E-state index is -0.554. The summed E-state index contributed by atoms with van der Waals surface area (Å²) in [5.74, 6) is 0.599.